The summed E-state index contributed by atoms with van der Waals surface area (Å²) < 4.78 is 5.04. The number of carboxylic acids is 1. The zero-order valence-corrected chi connectivity index (χ0v) is 12.7. The normalized spacial score (nSPS) is 17.0. The number of allylic oxidation sites excluding steroid dienone is 1. The minimum Gasteiger partial charge on any atom is -0.480 e. The molecule has 1 fully saturated rings. The monoisotopic (exact) mass is 328 g/mol. The van der Waals surface area contributed by atoms with Crippen molar-refractivity contribution < 1.29 is 19.4 Å². The molecule has 1 aliphatic rings. The molecule has 1 aromatic rings. The third kappa shape index (κ3) is 3.99. The van der Waals surface area contributed by atoms with Gasteiger partial charge in [0.25, 0.3) is 0 Å². The van der Waals surface area contributed by atoms with Crippen LogP contribution < -0.4 is 4.74 Å². The van der Waals surface area contributed by atoms with Gasteiger partial charge in [0.05, 0.1) is 5.02 Å². The van der Waals surface area contributed by atoms with E-state index in [1.807, 2.05) is 0 Å². The molecule has 0 atom stereocenters. The molecule has 4 nitrogen and oxygen atoms in total. The summed E-state index contributed by atoms with van der Waals surface area (Å²) in [7, 11) is 0. The second kappa shape index (κ2) is 6.96. The molecule has 1 N–H and O–H groups in total. The molecule has 1 aliphatic carbocycles. The van der Waals surface area contributed by atoms with Crippen molar-refractivity contribution in [2.24, 2.45) is 0 Å². The van der Waals surface area contributed by atoms with Gasteiger partial charge in [-0.15, -0.1) is 0 Å². The minimum absolute atomic E-state index is 0.139. The highest BCUT2D eigenvalue weighted by atomic mass is 35.5. The molecule has 0 aromatic heterocycles. The van der Waals surface area contributed by atoms with E-state index in [9.17, 15) is 9.59 Å². The molecule has 0 bridgehead atoms. The quantitative estimate of drug-likeness (QED) is 0.849. The first-order chi connectivity index (χ1) is 9.99. The maximum Gasteiger partial charge on any atom is 0.341 e. The lowest BCUT2D eigenvalue weighted by atomic mass is 9.92. The lowest BCUT2D eigenvalue weighted by Crippen LogP contribution is -2.10. The molecule has 1 saturated carbocycles. The molecule has 0 heterocycles. The standard InChI is InChI=1S/C15H14Cl2O4/c16-14-10(7-9-3-1-2-4-11(9)18)5-6-12(15(14)17)21-8-13(19)20/h5-7H,1-4,8H2,(H,19,20)/b9-7+. The van der Waals surface area contributed by atoms with Crippen molar-refractivity contribution in [3.8, 4) is 5.75 Å². The van der Waals surface area contributed by atoms with Crippen LogP contribution in [0.3, 0.4) is 0 Å². The van der Waals surface area contributed by atoms with Crippen LogP contribution >= 0.6 is 23.2 Å². The molecule has 0 aliphatic heterocycles. The number of aliphatic carboxylic acids is 1. The molecular formula is C15H14Cl2O4. The molecule has 0 spiro atoms. The lowest BCUT2D eigenvalue weighted by molar-refractivity contribution is -0.139. The number of ketones is 1. The van der Waals surface area contributed by atoms with Crippen LogP contribution in [0.4, 0.5) is 0 Å². The van der Waals surface area contributed by atoms with Crippen LogP contribution in [0.5, 0.6) is 5.75 Å². The average molecular weight is 329 g/mol. The molecular weight excluding hydrogens is 315 g/mol. The fourth-order valence-electron chi connectivity index (χ4n) is 2.15. The van der Waals surface area contributed by atoms with Gasteiger partial charge in [-0.05, 0) is 48.6 Å². The molecule has 2 rings (SSSR count). The number of carbonyl (C=O) groups is 2. The van der Waals surface area contributed by atoms with Gasteiger partial charge in [0.2, 0.25) is 0 Å². The highest BCUT2D eigenvalue weighted by Crippen LogP contribution is 2.36. The number of ether oxygens (including phenoxy) is 1. The summed E-state index contributed by atoms with van der Waals surface area (Å²) >= 11 is 12.2. The Morgan fingerprint density at radius 2 is 1.95 bits per heavy atom. The van der Waals surface area contributed by atoms with Crippen LogP contribution in [0.15, 0.2) is 17.7 Å². The van der Waals surface area contributed by atoms with Gasteiger partial charge in [0.1, 0.15) is 10.8 Å². The zero-order valence-electron chi connectivity index (χ0n) is 11.2. The summed E-state index contributed by atoms with van der Waals surface area (Å²) in [6.45, 7) is -0.491. The Morgan fingerprint density at radius 3 is 2.62 bits per heavy atom. The SMILES string of the molecule is O=C(O)COc1ccc(/C=C2\CCCCC2=O)c(Cl)c1Cl. The Kier molecular flexibility index (Phi) is 5.26. The van der Waals surface area contributed by atoms with Gasteiger partial charge >= 0.3 is 5.97 Å². The Bertz CT molecular complexity index is 608. The fourth-order valence-corrected chi connectivity index (χ4v) is 2.59. The number of carbonyl (C=O) groups excluding carboxylic acids is 1. The number of Topliss-reactive ketones (excluding diaryl/α,β-unsaturated/α-hetero) is 1. The van der Waals surface area contributed by atoms with Crippen LogP contribution in [0.25, 0.3) is 6.08 Å². The van der Waals surface area contributed by atoms with E-state index in [4.69, 9.17) is 33.0 Å². The summed E-state index contributed by atoms with van der Waals surface area (Å²) in [5, 5.41) is 8.99. The van der Waals surface area contributed by atoms with E-state index in [1.54, 1.807) is 18.2 Å². The van der Waals surface area contributed by atoms with Gasteiger partial charge in [0.15, 0.2) is 12.4 Å². The van der Waals surface area contributed by atoms with Crippen molar-refractivity contribution in [2.75, 3.05) is 6.61 Å². The van der Waals surface area contributed by atoms with E-state index in [2.05, 4.69) is 0 Å². The Labute approximate surface area is 132 Å². The van der Waals surface area contributed by atoms with E-state index in [0.29, 0.717) is 12.0 Å². The molecule has 112 valence electrons. The van der Waals surface area contributed by atoms with E-state index in [0.717, 1.165) is 24.8 Å². The van der Waals surface area contributed by atoms with Crippen molar-refractivity contribution in [1.82, 2.24) is 0 Å². The van der Waals surface area contributed by atoms with Gasteiger partial charge in [-0.25, -0.2) is 4.79 Å². The largest absolute Gasteiger partial charge is 0.480 e. The molecule has 6 heteroatoms. The predicted molar refractivity (Wildman–Crippen MR) is 81.0 cm³/mol. The summed E-state index contributed by atoms with van der Waals surface area (Å²) in [4.78, 5) is 22.3. The Balaban J connectivity index is 2.26. The van der Waals surface area contributed by atoms with Crippen LogP contribution in [0.2, 0.25) is 10.0 Å². The summed E-state index contributed by atoms with van der Waals surface area (Å²) in [6.07, 6.45) is 4.97. The summed E-state index contributed by atoms with van der Waals surface area (Å²) in [5.74, 6) is -0.748. The zero-order chi connectivity index (χ0) is 15.4. The van der Waals surface area contributed by atoms with E-state index in [-0.39, 0.29) is 21.6 Å². The highest BCUT2D eigenvalue weighted by Gasteiger charge is 2.17. The molecule has 0 radical (unpaired) electrons. The average Bonchev–Trinajstić information content (AvgIpc) is 2.45. The first kappa shape index (κ1) is 15.9. The minimum atomic E-state index is -1.10. The van der Waals surface area contributed by atoms with Gasteiger partial charge in [-0.1, -0.05) is 23.2 Å². The predicted octanol–water partition coefficient (Wildman–Crippen LogP) is 3.98. The Hall–Kier alpha value is -1.52. The number of rotatable bonds is 4. The molecule has 21 heavy (non-hydrogen) atoms. The van der Waals surface area contributed by atoms with Crippen molar-refractivity contribution in [2.45, 2.75) is 25.7 Å². The van der Waals surface area contributed by atoms with Gasteiger partial charge < -0.3 is 9.84 Å². The van der Waals surface area contributed by atoms with E-state index < -0.39 is 12.6 Å². The third-order valence-electron chi connectivity index (χ3n) is 3.22. The molecule has 1 aromatic carbocycles. The number of hydrogen-bond donors (Lipinski definition) is 1. The van der Waals surface area contributed by atoms with Gasteiger partial charge in [0, 0.05) is 6.42 Å². The van der Waals surface area contributed by atoms with Gasteiger partial charge in [-0.3, -0.25) is 4.79 Å². The van der Waals surface area contributed by atoms with Crippen molar-refractivity contribution in [1.29, 1.82) is 0 Å². The van der Waals surface area contributed by atoms with E-state index >= 15 is 0 Å². The molecule has 0 saturated heterocycles. The second-order valence-corrected chi connectivity index (χ2v) is 5.52. The number of halogens is 2. The first-order valence-corrected chi connectivity index (χ1v) is 7.31. The van der Waals surface area contributed by atoms with Crippen LogP contribution in [0.1, 0.15) is 31.2 Å². The van der Waals surface area contributed by atoms with Gasteiger partial charge in [-0.2, -0.15) is 0 Å². The maximum absolute atomic E-state index is 11.8. The smallest absolute Gasteiger partial charge is 0.341 e. The topological polar surface area (TPSA) is 63.6 Å². The number of hydrogen-bond acceptors (Lipinski definition) is 3. The Morgan fingerprint density at radius 1 is 1.24 bits per heavy atom. The van der Waals surface area contributed by atoms with Crippen LogP contribution in [-0.2, 0) is 9.59 Å². The number of carboxylic acid groups (broad SMARTS) is 1. The highest BCUT2D eigenvalue weighted by molar-refractivity contribution is 6.43. The van der Waals surface area contributed by atoms with Crippen molar-refractivity contribution >= 4 is 41.0 Å². The third-order valence-corrected chi connectivity index (χ3v) is 4.09. The molecule has 0 amide bonds. The lowest BCUT2D eigenvalue weighted by Gasteiger charge is -2.14. The van der Waals surface area contributed by atoms with Crippen LogP contribution in [0, 0.1) is 0 Å². The van der Waals surface area contributed by atoms with Crippen molar-refractivity contribution in [3.05, 3.63) is 33.3 Å². The summed E-state index contributed by atoms with van der Waals surface area (Å²) in [5.41, 5.74) is 1.38. The second-order valence-electron chi connectivity index (χ2n) is 4.76. The summed E-state index contributed by atoms with van der Waals surface area (Å²) in [6, 6.07) is 3.22. The first-order valence-electron chi connectivity index (χ1n) is 6.55. The molecule has 0 unspecified atom stereocenters. The van der Waals surface area contributed by atoms with E-state index in [1.165, 1.54) is 0 Å². The van der Waals surface area contributed by atoms with Crippen molar-refractivity contribution in [3.63, 3.8) is 0 Å². The number of benzene rings is 1. The fraction of sp³-hybridized carbons (Fsp3) is 0.333. The maximum atomic E-state index is 11.8. The van der Waals surface area contributed by atoms with Crippen LogP contribution in [-0.4, -0.2) is 23.5 Å².